The summed E-state index contributed by atoms with van der Waals surface area (Å²) in [5.41, 5.74) is 4.30. The van der Waals surface area contributed by atoms with Crippen molar-refractivity contribution in [2.24, 2.45) is 0 Å². The molecule has 0 amide bonds. The first-order chi connectivity index (χ1) is 14.0. The molecular formula is C23H19BrN2O3S. The van der Waals surface area contributed by atoms with E-state index < -0.39 is 0 Å². The average Bonchev–Trinajstić information content (AvgIpc) is 3.38. The normalized spacial score (nSPS) is 11.1. The van der Waals surface area contributed by atoms with Crippen molar-refractivity contribution in [2.75, 3.05) is 6.61 Å². The third-order valence-corrected chi connectivity index (χ3v) is 6.33. The zero-order valence-electron chi connectivity index (χ0n) is 16.4. The van der Waals surface area contributed by atoms with Gasteiger partial charge in [0.2, 0.25) is 24.8 Å². The molecule has 0 saturated heterocycles. The number of nitrogens with zero attached hydrogens (tertiary/aromatic N) is 1. The van der Waals surface area contributed by atoms with Crippen LogP contribution in [0, 0.1) is 13.8 Å². The molecule has 30 heavy (non-hydrogen) atoms. The quantitative estimate of drug-likeness (QED) is 0.301. The number of phenols is 1. The largest absolute Gasteiger partial charge is 1.00 e. The van der Waals surface area contributed by atoms with Gasteiger partial charge >= 0.3 is 0 Å². The number of hydrogen-bond acceptors (Lipinski definition) is 4. The molecule has 152 valence electrons. The number of H-pyrrole nitrogens is 1. The van der Waals surface area contributed by atoms with E-state index in [2.05, 4.69) is 18.8 Å². The van der Waals surface area contributed by atoms with Gasteiger partial charge in [-0.15, -0.1) is 11.3 Å². The van der Waals surface area contributed by atoms with Gasteiger partial charge in [-0.2, -0.15) is 0 Å². The third kappa shape index (κ3) is 3.24. The van der Waals surface area contributed by atoms with Gasteiger partial charge in [-0.05, 0) is 60.0 Å². The summed E-state index contributed by atoms with van der Waals surface area (Å²) in [6.45, 7) is 4.14. The lowest BCUT2D eigenvalue weighted by Gasteiger charge is -2.08. The molecule has 0 radical (unpaired) electrons. The van der Waals surface area contributed by atoms with Crippen molar-refractivity contribution in [1.29, 1.82) is 0 Å². The molecule has 5 nitrogen and oxygen atoms in total. The Bertz CT molecular complexity index is 1410. The van der Waals surface area contributed by atoms with Crippen LogP contribution in [0.1, 0.15) is 20.8 Å². The fraction of sp³-hybridized carbons (Fsp3) is 0.130. The fourth-order valence-electron chi connectivity index (χ4n) is 3.95. The Kier molecular flexibility index (Phi) is 5.26. The van der Waals surface area contributed by atoms with Gasteiger partial charge in [-0.1, -0.05) is 6.07 Å². The van der Waals surface area contributed by atoms with Gasteiger partial charge in [0.05, 0.1) is 15.8 Å². The zero-order chi connectivity index (χ0) is 20.1. The van der Waals surface area contributed by atoms with E-state index in [1.165, 1.54) is 11.3 Å². The van der Waals surface area contributed by atoms with Crippen LogP contribution in [-0.2, 0) is 0 Å². The second-order valence-corrected chi connectivity index (χ2v) is 8.11. The number of thiophene rings is 1. The predicted molar refractivity (Wildman–Crippen MR) is 115 cm³/mol. The lowest BCUT2D eigenvalue weighted by atomic mass is 9.97. The highest BCUT2D eigenvalue weighted by Crippen LogP contribution is 2.37. The number of nitrogens with one attached hydrogen (secondary N) is 1. The highest BCUT2D eigenvalue weighted by molar-refractivity contribution is 7.12. The first-order valence-electron chi connectivity index (χ1n) is 9.31. The van der Waals surface area contributed by atoms with Gasteiger partial charge in [0.15, 0.2) is 0 Å². The second kappa shape index (κ2) is 7.74. The monoisotopic (exact) mass is 482 g/mol. The van der Waals surface area contributed by atoms with Gasteiger partial charge in [-0.25, -0.2) is 0 Å². The SMILES string of the molecule is Cc1c2cc[n+](OCC(=O)c3cccs3)cc2c(C)c2c1[nH]c1ccc(O)cc12.[Br-]. The lowest BCUT2D eigenvalue weighted by Crippen LogP contribution is -3.00. The number of ketones is 1. The number of Topliss-reactive ketones (excluding diaryl/α,β-unsaturated/α-hetero) is 1. The van der Waals surface area contributed by atoms with Crippen molar-refractivity contribution < 1.29 is 36.5 Å². The zero-order valence-corrected chi connectivity index (χ0v) is 18.8. The number of rotatable bonds is 4. The predicted octanol–water partition coefficient (Wildman–Crippen LogP) is 1.46. The first-order valence-corrected chi connectivity index (χ1v) is 10.2. The molecule has 3 aromatic heterocycles. The molecule has 0 aliphatic heterocycles. The molecule has 5 rings (SSSR count). The van der Waals surface area contributed by atoms with E-state index in [1.54, 1.807) is 22.9 Å². The molecule has 0 aliphatic carbocycles. The Morgan fingerprint density at radius 3 is 2.73 bits per heavy atom. The molecule has 3 heterocycles. The highest BCUT2D eigenvalue weighted by atomic mass is 79.9. The van der Waals surface area contributed by atoms with Gasteiger partial charge in [0.25, 0.3) is 0 Å². The molecule has 2 N–H and O–H groups in total. The minimum Gasteiger partial charge on any atom is -1.00 e. The summed E-state index contributed by atoms with van der Waals surface area (Å²) in [5, 5.41) is 16.1. The van der Waals surface area contributed by atoms with Crippen molar-refractivity contribution in [1.82, 2.24) is 4.98 Å². The number of aromatic nitrogens is 2. The number of hydrogen-bond donors (Lipinski definition) is 2. The standard InChI is InChI=1S/C23H18N2O3S.BrH/c1-13-18-11-25(28-12-20(27)21-4-3-9-29-21)8-7-16(18)14(2)23-22(13)17-10-15(26)5-6-19(17)24-23;/h3-11,26H,12H2,1-2H3;1H. The van der Waals surface area contributed by atoms with Crippen LogP contribution >= 0.6 is 11.3 Å². The summed E-state index contributed by atoms with van der Waals surface area (Å²) in [6, 6.07) is 11.0. The molecule has 0 spiro atoms. The number of fused-ring (bicyclic) bond motifs is 4. The second-order valence-electron chi connectivity index (χ2n) is 7.16. The van der Waals surface area contributed by atoms with Crippen molar-refractivity contribution in [3.8, 4) is 5.75 Å². The fourth-order valence-corrected chi connectivity index (χ4v) is 4.60. The first kappa shape index (κ1) is 20.4. The average molecular weight is 483 g/mol. The van der Waals surface area contributed by atoms with Crippen LogP contribution in [0.25, 0.3) is 32.6 Å². The lowest BCUT2D eigenvalue weighted by molar-refractivity contribution is -0.888. The number of aromatic amines is 1. The number of aryl methyl sites for hydroxylation is 2. The molecule has 0 atom stereocenters. The maximum Gasteiger partial charge on any atom is 0.230 e. The summed E-state index contributed by atoms with van der Waals surface area (Å²) in [7, 11) is 0. The summed E-state index contributed by atoms with van der Waals surface area (Å²) in [6.07, 6.45) is 3.75. The summed E-state index contributed by atoms with van der Waals surface area (Å²) in [4.78, 5) is 22.1. The minimum absolute atomic E-state index is 0. The third-order valence-electron chi connectivity index (χ3n) is 5.42. The molecule has 0 aliphatic rings. The highest BCUT2D eigenvalue weighted by Gasteiger charge is 2.18. The smallest absolute Gasteiger partial charge is 0.230 e. The Labute approximate surface area is 187 Å². The molecule has 0 bridgehead atoms. The van der Waals surface area contributed by atoms with Crippen LogP contribution in [0.2, 0.25) is 0 Å². The number of aromatic hydroxyl groups is 1. The Morgan fingerprint density at radius 2 is 1.97 bits per heavy atom. The molecule has 0 fully saturated rings. The van der Waals surface area contributed by atoms with Crippen LogP contribution in [0.5, 0.6) is 5.75 Å². The molecule has 0 unspecified atom stereocenters. The van der Waals surface area contributed by atoms with Crippen LogP contribution in [-0.4, -0.2) is 22.5 Å². The van der Waals surface area contributed by atoms with E-state index in [-0.39, 0.29) is 35.1 Å². The molecular weight excluding hydrogens is 464 g/mol. The molecule has 7 heteroatoms. The van der Waals surface area contributed by atoms with Crippen LogP contribution in [0.3, 0.4) is 0 Å². The van der Waals surface area contributed by atoms with Gasteiger partial charge in [0, 0.05) is 27.1 Å². The maximum atomic E-state index is 12.2. The number of benzene rings is 2. The van der Waals surface area contributed by atoms with Gasteiger partial charge in [0.1, 0.15) is 5.75 Å². The summed E-state index contributed by atoms with van der Waals surface area (Å²) < 4.78 is 1.60. The van der Waals surface area contributed by atoms with Crippen molar-refractivity contribution in [3.05, 3.63) is 70.2 Å². The number of pyridine rings is 1. The van der Waals surface area contributed by atoms with E-state index in [0.29, 0.717) is 4.88 Å². The van der Waals surface area contributed by atoms with Gasteiger partial charge in [-0.3, -0.25) is 9.63 Å². The van der Waals surface area contributed by atoms with E-state index >= 15 is 0 Å². The molecule has 5 aromatic rings. The summed E-state index contributed by atoms with van der Waals surface area (Å²) >= 11 is 1.42. The van der Waals surface area contributed by atoms with Crippen molar-refractivity contribution in [3.63, 3.8) is 0 Å². The number of phenolic OH excluding ortho intramolecular Hbond substituents is 1. The summed E-state index contributed by atoms with van der Waals surface area (Å²) in [5.74, 6) is 0.206. The Morgan fingerprint density at radius 1 is 1.13 bits per heavy atom. The molecule has 0 saturated carbocycles. The van der Waals surface area contributed by atoms with Crippen LogP contribution in [0.4, 0.5) is 0 Å². The van der Waals surface area contributed by atoms with E-state index in [0.717, 1.165) is 43.7 Å². The van der Waals surface area contributed by atoms with Crippen LogP contribution < -0.4 is 26.5 Å². The van der Waals surface area contributed by atoms with Crippen molar-refractivity contribution in [2.45, 2.75) is 13.8 Å². The molecule has 2 aromatic carbocycles. The minimum atomic E-state index is -0.0388. The number of carbonyl (C=O) groups is 1. The van der Waals surface area contributed by atoms with Gasteiger partial charge < -0.3 is 27.1 Å². The topological polar surface area (TPSA) is 66.2 Å². The Hall–Kier alpha value is -2.90. The van der Waals surface area contributed by atoms with E-state index in [1.807, 2.05) is 36.0 Å². The van der Waals surface area contributed by atoms with E-state index in [4.69, 9.17) is 4.84 Å². The van der Waals surface area contributed by atoms with Crippen molar-refractivity contribution >= 4 is 49.7 Å². The Balaban J connectivity index is 0.00000218. The number of carbonyl (C=O) groups excluding carboxylic acids is 1. The maximum absolute atomic E-state index is 12.2. The van der Waals surface area contributed by atoms with Crippen LogP contribution in [0.15, 0.2) is 54.2 Å². The van der Waals surface area contributed by atoms with E-state index in [9.17, 15) is 9.90 Å². The number of halogens is 1.